The van der Waals surface area contributed by atoms with E-state index in [-0.39, 0.29) is 29.5 Å². The molecule has 1 atom stereocenters. The van der Waals surface area contributed by atoms with Crippen LogP contribution in [0.25, 0.3) is 0 Å². The highest BCUT2D eigenvalue weighted by molar-refractivity contribution is 7.90. The Hall–Kier alpha value is -2.75. The number of sulfone groups is 1. The number of halogens is 2. The molecule has 10 heteroatoms. The average molecular weight is 546 g/mol. The van der Waals surface area contributed by atoms with Crippen molar-refractivity contribution in [1.82, 2.24) is 14.5 Å². The van der Waals surface area contributed by atoms with Crippen LogP contribution in [0.5, 0.6) is 0 Å². The molecular weight excluding hydrogens is 517 g/mol. The van der Waals surface area contributed by atoms with Gasteiger partial charge in [-0.05, 0) is 67.5 Å². The first-order valence-electron chi connectivity index (χ1n) is 12.5. The molecule has 7 nitrogen and oxygen atoms in total. The quantitative estimate of drug-likeness (QED) is 0.363. The fourth-order valence-electron chi connectivity index (χ4n) is 4.65. The molecule has 1 aliphatic heterocycles. The maximum atomic E-state index is 13.5. The van der Waals surface area contributed by atoms with Crippen LogP contribution in [0.3, 0.4) is 0 Å². The highest BCUT2D eigenvalue weighted by Gasteiger charge is 2.31. The van der Waals surface area contributed by atoms with Gasteiger partial charge in [-0.15, -0.1) is 0 Å². The van der Waals surface area contributed by atoms with E-state index >= 15 is 0 Å². The third kappa shape index (κ3) is 6.40. The Kier molecular flexibility index (Phi) is 7.65. The van der Waals surface area contributed by atoms with Gasteiger partial charge in [0.1, 0.15) is 5.82 Å². The van der Waals surface area contributed by atoms with Gasteiger partial charge in [-0.2, -0.15) is 0 Å². The zero-order valence-electron chi connectivity index (χ0n) is 20.4. The molecule has 3 aromatic rings. The molecular formula is C27H29ClFN3O4S. The van der Waals surface area contributed by atoms with Crippen molar-refractivity contribution in [2.45, 2.75) is 55.8 Å². The summed E-state index contributed by atoms with van der Waals surface area (Å²) in [4.78, 5) is 19.5. The molecule has 2 heterocycles. The fraction of sp³-hybridized carbons (Fsp3) is 0.407. The summed E-state index contributed by atoms with van der Waals surface area (Å²) in [6.07, 6.45) is 5.26. The minimum atomic E-state index is -3.85. The van der Waals surface area contributed by atoms with Gasteiger partial charge in [0.2, 0.25) is 15.0 Å². The third-order valence-corrected chi connectivity index (χ3v) is 8.58. The van der Waals surface area contributed by atoms with Crippen LogP contribution in [0.1, 0.15) is 47.3 Å². The molecule has 37 heavy (non-hydrogen) atoms. The number of hydrogen-bond acceptors (Lipinski definition) is 5. The van der Waals surface area contributed by atoms with E-state index < -0.39 is 15.7 Å². The Labute approximate surface area is 221 Å². The van der Waals surface area contributed by atoms with Crippen LogP contribution in [-0.4, -0.2) is 48.0 Å². The van der Waals surface area contributed by atoms with E-state index in [0.29, 0.717) is 47.5 Å². The molecule has 1 amide bonds. The second-order valence-electron chi connectivity index (χ2n) is 9.80. The van der Waals surface area contributed by atoms with Crippen LogP contribution in [-0.2, 0) is 33.4 Å². The van der Waals surface area contributed by atoms with E-state index in [0.717, 1.165) is 25.7 Å². The molecule has 1 aromatic heterocycles. The van der Waals surface area contributed by atoms with Crippen molar-refractivity contribution in [3.05, 3.63) is 82.4 Å². The molecule has 1 saturated carbocycles. The number of amides is 1. The predicted octanol–water partition coefficient (Wildman–Crippen LogP) is 4.88. The smallest absolute Gasteiger partial charge is 0.254 e. The van der Waals surface area contributed by atoms with Gasteiger partial charge in [-0.3, -0.25) is 4.79 Å². The molecule has 1 aliphatic carbocycles. The normalized spacial score (nSPS) is 17.7. The highest BCUT2D eigenvalue weighted by atomic mass is 35.5. The van der Waals surface area contributed by atoms with E-state index in [1.54, 1.807) is 33.7 Å². The maximum absolute atomic E-state index is 13.5. The molecule has 2 aromatic carbocycles. The fourth-order valence-corrected chi connectivity index (χ4v) is 6.34. The molecule has 0 spiro atoms. The summed E-state index contributed by atoms with van der Waals surface area (Å²) in [5, 5.41) is 0.415. The summed E-state index contributed by atoms with van der Waals surface area (Å²) in [5.41, 5.74) is 1.59. The standard InChI is InChI=1S/C27H29ClFN3O4S/c28-22-4-1-3-21(13-22)26(33)31(15-19-6-7-19)16-24-14-30-27(32(24)17-25-5-2-12-36-25)37(34,35)18-20-8-10-23(29)11-9-20/h1,3-4,8-11,13-14,19,25H,2,5-7,12,15-18H2/t25-/m1/s1. The van der Waals surface area contributed by atoms with Crippen molar-refractivity contribution in [2.75, 3.05) is 13.2 Å². The second kappa shape index (κ2) is 10.9. The van der Waals surface area contributed by atoms with Crippen molar-refractivity contribution in [3.63, 3.8) is 0 Å². The van der Waals surface area contributed by atoms with Crippen molar-refractivity contribution in [3.8, 4) is 0 Å². The third-order valence-electron chi connectivity index (χ3n) is 6.75. The van der Waals surface area contributed by atoms with Crippen molar-refractivity contribution in [2.24, 2.45) is 5.92 Å². The Balaban J connectivity index is 1.46. The van der Waals surface area contributed by atoms with Crippen LogP contribution >= 0.6 is 11.6 Å². The van der Waals surface area contributed by atoms with Crippen molar-refractivity contribution < 1.29 is 22.3 Å². The van der Waals surface area contributed by atoms with Crippen LogP contribution in [0, 0.1) is 11.7 Å². The van der Waals surface area contributed by atoms with Gasteiger partial charge in [0.25, 0.3) is 5.91 Å². The van der Waals surface area contributed by atoms with Gasteiger partial charge in [-0.25, -0.2) is 17.8 Å². The van der Waals surface area contributed by atoms with E-state index in [9.17, 15) is 17.6 Å². The first kappa shape index (κ1) is 25.9. The number of carbonyl (C=O) groups excluding carboxylic acids is 1. The molecule has 0 radical (unpaired) electrons. The van der Waals surface area contributed by atoms with E-state index in [1.165, 1.54) is 30.5 Å². The van der Waals surface area contributed by atoms with Gasteiger partial charge in [0.05, 0.1) is 36.8 Å². The maximum Gasteiger partial charge on any atom is 0.254 e. The Morgan fingerprint density at radius 2 is 1.95 bits per heavy atom. The van der Waals surface area contributed by atoms with Crippen molar-refractivity contribution >= 4 is 27.3 Å². The number of nitrogens with zero attached hydrogens (tertiary/aromatic N) is 3. The molecule has 0 unspecified atom stereocenters. The average Bonchev–Trinajstić information content (AvgIpc) is 3.36. The van der Waals surface area contributed by atoms with Crippen molar-refractivity contribution in [1.29, 1.82) is 0 Å². The summed E-state index contributed by atoms with van der Waals surface area (Å²) in [7, 11) is -3.85. The second-order valence-corrected chi connectivity index (χ2v) is 12.1. The van der Waals surface area contributed by atoms with Crippen LogP contribution in [0.15, 0.2) is 59.9 Å². The zero-order valence-corrected chi connectivity index (χ0v) is 21.9. The minimum Gasteiger partial charge on any atom is -0.376 e. The topological polar surface area (TPSA) is 81.5 Å². The summed E-state index contributed by atoms with van der Waals surface area (Å²) in [5.74, 6) is -0.458. The summed E-state index contributed by atoms with van der Waals surface area (Å²) < 4.78 is 47.7. The molecule has 0 bridgehead atoms. The molecule has 2 fully saturated rings. The van der Waals surface area contributed by atoms with E-state index in [1.807, 2.05) is 0 Å². The minimum absolute atomic E-state index is 0.0658. The highest BCUT2D eigenvalue weighted by Crippen LogP contribution is 2.31. The summed E-state index contributed by atoms with van der Waals surface area (Å²) in [6.45, 7) is 1.76. The lowest BCUT2D eigenvalue weighted by atomic mass is 10.2. The monoisotopic (exact) mass is 545 g/mol. The largest absolute Gasteiger partial charge is 0.376 e. The van der Waals surface area contributed by atoms with Gasteiger partial charge in [-0.1, -0.05) is 29.8 Å². The molecule has 2 aliphatic rings. The van der Waals surface area contributed by atoms with Crippen LogP contribution in [0.4, 0.5) is 4.39 Å². The van der Waals surface area contributed by atoms with Gasteiger partial charge >= 0.3 is 0 Å². The lowest BCUT2D eigenvalue weighted by molar-refractivity contribution is 0.0723. The number of imidazole rings is 1. The molecule has 1 saturated heterocycles. The molecule has 0 N–H and O–H groups in total. The Morgan fingerprint density at radius 1 is 1.16 bits per heavy atom. The number of benzene rings is 2. The van der Waals surface area contributed by atoms with Crippen LogP contribution in [0.2, 0.25) is 5.02 Å². The summed E-state index contributed by atoms with van der Waals surface area (Å²) in [6, 6.07) is 12.2. The number of aromatic nitrogens is 2. The first-order valence-corrected chi connectivity index (χ1v) is 14.5. The van der Waals surface area contributed by atoms with E-state index in [2.05, 4.69) is 4.98 Å². The Morgan fingerprint density at radius 3 is 2.62 bits per heavy atom. The SMILES string of the molecule is O=C(c1cccc(Cl)c1)N(Cc1cnc(S(=O)(=O)Cc2ccc(F)cc2)n1C[C@H]1CCCO1)CC1CC1. The number of ether oxygens (including phenoxy) is 1. The molecule has 5 rings (SSSR count). The van der Waals surface area contributed by atoms with Crippen LogP contribution < -0.4 is 0 Å². The van der Waals surface area contributed by atoms with Gasteiger partial charge in [0, 0.05) is 23.7 Å². The van der Waals surface area contributed by atoms with Gasteiger partial charge in [0.15, 0.2) is 0 Å². The predicted molar refractivity (Wildman–Crippen MR) is 137 cm³/mol. The van der Waals surface area contributed by atoms with E-state index in [4.69, 9.17) is 16.3 Å². The van der Waals surface area contributed by atoms with Gasteiger partial charge < -0.3 is 14.2 Å². The number of carbonyl (C=O) groups is 1. The zero-order chi connectivity index (χ0) is 26.0. The summed E-state index contributed by atoms with van der Waals surface area (Å²) >= 11 is 6.13. The molecule has 196 valence electrons. The number of rotatable bonds is 10. The lowest BCUT2D eigenvalue weighted by Crippen LogP contribution is -2.34. The first-order chi connectivity index (χ1) is 17.8. The Bertz CT molecular complexity index is 1370. The lowest BCUT2D eigenvalue weighted by Gasteiger charge is -2.24. The number of hydrogen-bond donors (Lipinski definition) is 0.